The highest BCUT2D eigenvalue weighted by Gasteiger charge is 2.23. The molecule has 1 aromatic carbocycles. The summed E-state index contributed by atoms with van der Waals surface area (Å²) in [7, 11) is 2.09. The zero-order valence-electron chi connectivity index (χ0n) is 12.5. The van der Waals surface area contributed by atoms with Gasteiger partial charge in [0.1, 0.15) is 11.9 Å². The van der Waals surface area contributed by atoms with Gasteiger partial charge >= 0.3 is 0 Å². The number of likely N-dealkylation sites (N-methyl/N-ethyl adjacent to an activating group) is 1. The number of nitrogens with one attached hydrogen (secondary N) is 1. The first-order valence-electron chi connectivity index (χ1n) is 7.64. The third-order valence-corrected chi connectivity index (χ3v) is 4.22. The van der Waals surface area contributed by atoms with Crippen LogP contribution < -0.4 is 10.1 Å². The van der Waals surface area contributed by atoms with Gasteiger partial charge < -0.3 is 19.9 Å². The number of hydrogen-bond donors (Lipinski definition) is 1. The molecule has 0 spiro atoms. The van der Waals surface area contributed by atoms with Gasteiger partial charge in [-0.15, -0.1) is 0 Å². The Hall–Kier alpha value is -1.59. The molecule has 1 saturated heterocycles. The number of piperazine rings is 1. The number of carbonyl (C=O) groups is 1. The molecule has 2 aliphatic rings. The van der Waals surface area contributed by atoms with E-state index in [1.807, 2.05) is 23.1 Å². The number of para-hydroxylation sites is 1. The minimum absolute atomic E-state index is 0.141. The van der Waals surface area contributed by atoms with Crippen LogP contribution in [0.15, 0.2) is 24.3 Å². The monoisotopic (exact) mass is 289 g/mol. The van der Waals surface area contributed by atoms with E-state index in [1.54, 1.807) is 0 Å². The summed E-state index contributed by atoms with van der Waals surface area (Å²) < 4.78 is 5.85. The van der Waals surface area contributed by atoms with Gasteiger partial charge in [-0.25, -0.2) is 0 Å². The fraction of sp³-hybridized carbons (Fsp3) is 0.562. The topological polar surface area (TPSA) is 44.8 Å². The molecule has 0 bridgehead atoms. The van der Waals surface area contributed by atoms with Crippen molar-refractivity contribution in [3.8, 4) is 5.75 Å². The van der Waals surface area contributed by atoms with Gasteiger partial charge in [0.05, 0.1) is 6.54 Å². The Morgan fingerprint density at radius 2 is 2.05 bits per heavy atom. The zero-order valence-corrected chi connectivity index (χ0v) is 12.5. The van der Waals surface area contributed by atoms with Gasteiger partial charge in [-0.2, -0.15) is 0 Å². The van der Waals surface area contributed by atoms with Gasteiger partial charge in [0.15, 0.2) is 0 Å². The molecule has 21 heavy (non-hydrogen) atoms. The van der Waals surface area contributed by atoms with E-state index in [-0.39, 0.29) is 12.0 Å². The van der Waals surface area contributed by atoms with Crippen LogP contribution in [0, 0.1) is 0 Å². The van der Waals surface area contributed by atoms with E-state index in [9.17, 15) is 4.79 Å². The van der Waals surface area contributed by atoms with E-state index in [0.717, 1.165) is 38.3 Å². The van der Waals surface area contributed by atoms with Crippen LogP contribution in [0.2, 0.25) is 0 Å². The number of ether oxygens (including phenoxy) is 1. The smallest absolute Gasteiger partial charge is 0.236 e. The predicted molar refractivity (Wildman–Crippen MR) is 81.5 cm³/mol. The Bertz CT molecular complexity index is 473. The van der Waals surface area contributed by atoms with Crippen molar-refractivity contribution in [1.29, 1.82) is 0 Å². The lowest BCUT2D eigenvalue weighted by Gasteiger charge is -2.32. The van der Waals surface area contributed by atoms with Crippen molar-refractivity contribution in [2.45, 2.75) is 12.5 Å². The number of carbonyl (C=O) groups excluding carboxylic acids is 1. The molecule has 0 aromatic heterocycles. The van der Waals surface area contributed by atoms with Crippen molar-refractivity contribution in [1.82, 2.24) is 15.1 Å². The van der Waals surface area contributed by atoms with Crippen LogP contribution in [-0.4, -0.2) is 68.1 Å². The average molecular weight is 289 g/mol. The molecule has 5 heteroatoms. The minimum Gasteiger partial charge on any atom is -0.488 e. The van der Waals surface area contributed by atoms with Crippen LogP contribution in [0.3, 0.4) is 0 Å². The quantitative estimate of drug-likeness (QED) is 0.869. The first kappa shape index (κ1) is 14.4. The molecule has 0 radical (unpaired) electrons. The molecular weight excluding hydrogens is 266 g/mol. The maximum Gasteiger partial charge on any atom is 0.236 e. The second kappa shape index (κ2) is 6.45. The molecule has 1 N–H and O–H groups in total. The molecule has 3 rings (SSSR count). The van der Waals surface area contributed by atoms with Gasteiger partial charge in [0, 0.05) is 39.1 Å². The summed E-state index contributed by atoms with van der Waals surface area (Å²) in [5.41, 5.74) is 1.26. The molecule has 1 aromatic rings. The summed E-state index contributed by atoms with van der Waals surface area (Å²) in [4.78, 5) is 16.3. The van der Waals surface area contributed by atoms with Crippen LogP contribution >= 0.6 is 0 Å². The first-order chi connectivity index (χ1) is 10.2. The van der Waals surface area contributed by atoms with E-state index in [0.29, 0.717) is 13.1 Å². The lowest BCUT2D eigenvalue weighted by Crippen LogP contribution is -2.50. The molecule has 1 amide bonds. The Balaban J connectivity index is 1.38. The molecular formula is C16H23N3O2. The van der Waals surface area contributed by atoms with Crippen molar-refractivity contribution in [3.05, 3.63) is 29.8 Å². The first-order valence-corrected chi connectivity index (χ1v) is 7.64. The Morgan fingerprint density at radius 3 is 2.81 bits per heavy atom. The Labute approximate surface area is 125 Å². The molecule has 2 aliphatic heterocycles. The fourth-order valence-electron chi connectivity index (χ4n) is 2.88. The summed E-state index contributed by atoms with van der Waals surface area (Å²) in [5.74, 6) is 1.17. The number of benzene rings is 1. The minimum atomic E-state index is 0.141. The van der Waals surface area contributed by atoms with Gasteiger partial charge in [-0.05, 0) is 18.7 Å². The van der Waals surface area contributed by atoms with E-state index < -0.39 is 0 Å². The summed E-state index contributed by atoms with van der Waals surface area (Å²) >= 11 is 0. The lowest BCUT2D eigenvalue weighted by molar-refractivity contribution is -0.131. The zero-order chi connectivity index (χ0) is 14.7. The molecule has 0 saturated carbocycles. The van der Waals surface area contributed by atoms with E-state index in [4.69, 9.17) is 4.74 Å². The molecule has 1 unspecified atom stereocenters. The van der Waals surface area contributed by atoms with Crippen LogP contribution in [0.5, 0.6) is 5.75 Å². The summed E-state index contributed by atoms with van der Waals surface area (Å²) in [5, 5.41) is 3.24. The van der Waals surface area contributed by atoms with Gasteiger partial charge in [0.25, 0.3) is 0 Å². The number of rotatable bonds is 4. The Kier molecular flexibility index (Phi) is 4.41. The molecule has 0 aliphatic carbocycles. The molecule has 1 atom stereocenters. The lowest BCUT2D eigenvalue weighted by atomic mass is 10.1. The highest BCUT2D eigenvalue weighted by atomic mass is 16.5. The van der Waals surface area contributed by atoms with Gasteiger partial charge in [-0.1, -0.05) is 18.2 Å². The maximum atomic E-state index is 12.1. The maximum absolute atomic E-state index is 12.1. The van der Waals surface area contributed by atoms with Crippen molar-refractivity contribution >= 4 is 5.91 Å². The Morgan fingerprint density at radius 1 is 1.29 bits per heavy atom. The number of hydrogen-bond acceptors (Lipinski definition) is 4. The van der Waals surface area contributed by atoms with Crippen LogP contribution in [0.1, 0.15) is 5.56 Å². The fourth-order valence-corrected chi connectivity index (χ4v) is 2.88. The molecule has 2 heterocycles. The highest BCUT2D eigenvalue weighted by molar-refractivity contribution is 5.78. The molecule has 5 nitrogen and oxygen atoms in total. The molecule has 1 fully saturated rings. The predicted octanol–water partition coefficient (Wildman–Crippen LogP) is 0.354. The third kappa shape index (κ3) is 3.54. The van der Waals surface area contributed by atoms with E-state index in [2.05, 4.69) is 23.3 Å². The molecule has 114 valence electrons. The standard InChI is InChI=1S/C16H23N3O2/c1-18-6-8-19(9-7-18)16(20)12-17-11-14-10-13-4-2-3-5-15(13)21-14/h2-5,14,17H,6-12H2,1H3. The third-order valence-electron chi connectivity index (χ3n) is 4.22. The van der Waals surface area contributed by atoms with Crippen molar-refractivity contribution < 1.29 is 9.53 Å². The van der Waals surface area contributed by atoms with Gasteiger partial charge in [-0.3, -0.25) is 4.79 Å². The van der Waals surface area contributed by atoms with E-state index in [1.165, 1.54) is 5.56 Å². The summed E-state index contributed by atoms with van der Waals surface area (Å²) in [6.45, 7) is 4.72. The van der Waals surface area contributed by atoms with Crippen molar-refractivity contribution in [3.63, 3.8) is 0 Å². The second-order valence-corrected chi connectivity index (χ2v) is 5.87. The van der Waals surface area contributed by atoms with E-state index >= 15 is 0 Å². The normalized spacial score (nSPS) is 22.0. The summed E-state index contributed by atoms with van der Waals surface area (Å²) in [6.07, 6.45) is 1.06. The second-order valence-electron chi connectivity index (χ2n) is 5.87. The van der Waals surface area contributed by atoms with Crippen molar-refractivity contribution in [2.75, 3.05) is 46.3 Å². The van der Waals surface area contributed by atoms with Crippen LogP contribution in [0.4, 0.5) is 0 Å². The largest absolute Gasteiger partial charge is 0.488 e. The average Bonchev–Trinajstić information content (AvgIpc) is 2.90. The van der Waals surface area contributed by atoms with Crippen LogP contribution in [0.25, 0.3) is 0 Å². The van der Waals surface area contributed by atoms with Gasteiger partial charge in [0.2, 0.25) is 5.91 Å². The highest BCUT2D eigenvalue weighted by Crippen LogP contribution is 2.27. The summed E-state index contributed by atoms with van der Waals surface area (Å²) in [6, 6.07) is 8.13. The number of fused-ring (bicyclic) bond motifs is 1. The van der Waals surface area contributed by atoms with Crippen molar-refractivity contribution in [2.24, 2.45) is 0 Å². The number of amides is 1. The number of nitrogens with zero attached hydrogens (tertiary/aromatic N) is 2. The SMILES string of the molecule is CN1CCN(C(=O)CNCC2Cc3ccccc3O2)CC1. The van der Waals surface area contributed by atoms with Crippen LogP contribution in [-0.2, 0) is 11.2 Å².